The van der Waals surface area contributed by atoms with Gasteiger partial charge >= 0.3 is 18.3 Å². The molecule has 1 aromatic carbocycles. The number of piperidine rings is 2. The molecule has 2 aliphatic heterocycles. The lowest BCUT2D eigenvalue weighted by Crippen LogP contribution is -2.68. The van der Waals surface area contributed by atoms with E-state index in [0.717, 1.165) is 35.3 Å². The van der Waals surface area contributed by atoms with Gasteiger partial charge in [-0.1, -0.05) is 50.1 Å². The Labute approximate surface area is 301 Å². The number of thiophene rings is 1. The van der Waals surface area contributed by atoms with Crippen molar-refractivity contribution in [1.82, 2.24) is 14.8 Å². The third-order valence-electron chi connectivity index (χ3n) is 10.2. The van der Waals surface area contributed by atoms with E-state index >= 15 is 0 Å². The highest BCUT2D eigenvalue weighted by molar-refractivity contribution is 7.10. The second kappa shape index (κ2) is 15.8. The van der Waals surface area contributed by atoms with Gasteiger partial charge in [-0.25, -0.2) is 0 Å². The van der Waals surface area contributed by atoms with Crippen LogP contribution in [0.25, 0.3) is 0 Å². The summed E-state index contributed by atoms with van der Waals surface area (Å²) in [7, 11) is 0. The fourth-order valence-electron chi connectivity index (χ4n) is 7.70. The number of hydrogen-bond acceptors (Lipinski definition) is 6. The van der Waals surface area contributed by atoms with Gasteiger partial charge in [0.2, 0.25) is 5.60 Å². The fraction of sp³-hybridized carbons (Fsp3) is 0.514. The van der Waals surface area contributed by atoms with Crippen LogP contribution in [0.15, 0.2) is 60.1 Å². The molecule has 282 valence electrons. The second-order valence-corrected chi connectivity index (χ2v) is 14.4. The molecule has 2 unspecified atom stereocenters. The molecule has 2 atom stereocenters. The van der Waals surface area contributed by atoms with E-state index in [1.54, 1.807) is 11.8 Å². The van der Waals surface area contributed by atoms with Gasteiger partial charge in [0.1, 0.15) is 16.3 Å². The number of aliphatic carboxylic acids is 1. The summed E-state index contributed by atoms with van der Waals surface area (Å²) in [6.07, 6.45) is -4.99. The SMILES string of the molecule is CCCC1N(C(=O)c2ncccc2C(F)(F)F)CCCC1(Oc1csc(C(F)(F)F)c1)C(=O)N1CCC(CCCCC(=O)O)(c2ccccc2)CC1. The van der Waals surface area contributed by atoms with E-state index in [1.807, 2.05) is 30.3 Å². The highest BCUT2D eigenvalue weighted by Crippen LogP contribution is 2.45. The molecule has 2 amide bonds. The molecule has 15 heteroatoms. The number of alkyl halides is 6. The van der Waals surface area contributed by atoms with Crippen molar-refractivity contribution in [1.29, 1.82) is 0 Å². The molecule has 2 fully saturated rings. The largest absolute Gasteiger partial charge is 0.481 e. The average Bonchev–Trinajstić information content (AvgIpc) is 3.60. The molecule has 0 bridgehead atoms. The van der Waals surface area contributed by atoms with Crippen molar-refractivity contribution in [2.75, 3.05) is 19.6 Å². The van der Waals surface area contributed by atoms with Crippen LogP contribution in [0.1, 0.15) is 97.6 Å². The summed E-state index contributed by atoms with van der Waals surface area (Å²) < 4.78 is 89.5. The van der Waals surface area contributed by atoms with E-state index in [-0.39, 0.29) is 56.5 Å². The minimum Gasteiger partial charge on any atom is -0.481 e. The van der Waals surface area contributed by atoms with Gasteiger partial charge in [-0.15, -0.1) is 11.3 Å². The Morgan fingerprint density at radius 1 is 0.962 bits per heavy atom. The van der Waals surface area contributed by atoms with Crippen LogP contribution in [-0.4, -0.2) is 69.0 Å². The van der Waals surface area contributed by atoms with Gasteiger partial charge in [0.15, 0.2) is 0 Å². The molecule has 0 spiro atoms. The van der Waals surface area contributed by atoms with Gasteiger partial charge in [0, 0.05) is 50.1 Å². The average molecular weight is 754 g/mol. The molecule has 2 saturated heterocycles. The summed E-state index contributed by atoms with van der Waals surface area (Å²) in [5.74, 6) is -2.69. The third-order valence-corrected chi connectivity index (χ3v) is 11.2. The van der Waals surface area contributed by atoms with Crippen molar-refractivity contribution in [3.63, 3.8) is 0 Å². The fourth-order valence-corrected chi connectivity index (χ4v) is 8.37. The normalized spacial score (nSPS) is 20.8. The molecule has 52 heavy (non-hydrogen) atoms. The number of carbonyl (C=O) groups is 3. The van der Waals surface area contributed by atoms with Crippen molar-refractivity contribution in [2.45, 2.75) is 101 Å². The maximum atomic E-state index is 15.0. The molecule has 8 nitrogen and oxygen atoms in total. The summed E-state index contributed by atoms with van der Waals surface area (Å²) in [6.45, 7) is 2.24. The molecule has 4 heterocycles. The first kappa shape index (κ1) is 39.1. The topological polar surface area (TPSA) is 100 Å². The Bertz CT molecular complexity index is 1710. The number of benzene rings is 1. The number of rotatable bonds is 12. The molecule has 2 aromatic heterocycles. The maximum absolute atomic E-state index is 15.0. The number of amides is 2. The van der Waals surface area contributed by atoms with Gasteiger partial charge in [-0.05, 0) is 61.6 Å². The number of carbonyl (C=O) groups excluding carboxylic acids is 2. The van der Waals surface area contributed by atoms with Gasteiger partial charge < -0.3 is 19.6 Å². The van der Waals surface area contributed by atoms with Crippen LogP contribution in [0.2, 0.25) is 0 Å². The third kappa shape index (κ3) is 8.39. The maximum Gasteiger partial charge on any atom is 0.425 e. The summed E-state index contributed by atoms with van der Waals surface area (Å²) >= 11 is 0.396. The highest BCUT2D eigenvalue weighted by atomic mass is 32.1. The Kier molecular flexibility index (Phi) is 11.9. The monoisotopic (exact) mass is 753 g/mol. The van der Waals surface area contributed by atoms with Crippen LogP contribution < -0.4 is 4.74 Å². The zero-order valence-electron chi connectivity index (χ0n) is 28.6. The zero-order valence-corrected chi connectivity index (χ0v) is 29.5. The van der Waals surface area contributed by atoms with Crippen LogP contribution in [0, 0.1) is 0 Å². The lowest BCUT2D eigenvalue weighted by molar-refractivity contribution is -0.161. The molecule has 3 aromatic rings. The number of nitrogens with zero attached hydrogens (tertiary/aromatic N) is 3. The first-order chi connectivity index (χ1) is 24.6. The molecule has 0 saturated carbocycles. The van der Waals surface area contributed by atoms with Crippen molar-refractivity contribution in [3.8, 4) is 5.75 Å². The predicted octanol–water partition coefficient (Wildman–Crippen LogP) is 8.61. The molecular formula is C37H41F6N3O5S. The van der Waals surface area contributed by atoms with Crippen LogP contribution in [0.5, 0.6) is 5.75 Å². The summed E-state index contributed by atoms with van der Waals surface area (Å²) in [4.78, 5) is 45.8. The molecule has 5 rings (SSSR count). The molecule has 2 aliphatic rings. The first-order valence-electron chi connectivity index (χ1n) is 17.4. The lowest BCUT2D eigenvalue weighted by atomic mass is 9.69. The number of carboxylic acids is 1. The first-order valence-corrected chi connectivity index (χ1v) is 18.2. The van der Waals surface area contributed by atoms with Crippen LogP contribution in [-0.2, 0) is 27.4 Å². The number of likely N-dealkylation sites (tertiary alicyclic amines) is 2. The van der Waals surface area contributed by atoms with Gasteiger partial charge in [0.05, 0.1) is 11.6 Å². The Morgan fingerprint density at radius 3 is 2.29 bits per heavy atom. The van der Waals surface area contributed by atoms with Crippen molar-refractivity contribution >= 4 is 29.1 Å². The quantitative estimate of drug-likeness (QED) is 0.147. The van der Waals surface area contributed by atoms with E-state index in [2.05, 4.69) is 4.98 Å². The number of halogens is 6. The van der Waals surface area contributed by atoms with Gasteiger partial charge in [-0.3, -0.25) is 19.4 Å². The van der Waals surface area contributed by atoms with Crippen molar-refractivity contribution in [2.24, 2.45) is 0 Å². The molecule has 1 N–H and O–H groups in total. The van der Waals surface area contributed by atoms with E-state index in [1.165, 1.54) is 4.90 Å². The number of hydrogen-bond donors (Lipinski definition) is 1. The molecular weight excluding hydrogens is 712 g/mol. The Balaban J connectivity index is 1.51. The van der Waals surface area contributed by atoms with Gasteiger partial charge in [-0.2, -0.15) is 26.3 Å². The van der Waals surface area contributed by atoms with Crippen LogP contribution in [0.4, 0.5) is 26.3 Å². The summed E-state index contributed by atoms with van der Waals surface area (Å²) in [5.41, 5.74) is -3.29. The minimum absolute atomic E-state index is 0.0132. The van der Waals surface area contributed by atoms with Gasteiger partial charge in [0.25, 0.3) is 11.8 Å². The smallest absolute Gasteiger partial charge is 0.425 e. The standard InChI is InChI=1S/C37H41F6N3O5S/c1-2-10-28-35(51-26-23-29(52-24-26)37(41,42)43,16-9-20-46(28)32(49)31-27(36(38,39)40)13-8-19-44-31)33(50)45-21-17-34(18-22-45,15-7-6-14-30(47)48)25-11-4-3-5-12-25/h3-5,8,11-13,19,23-24,28H,2,6-7,9-10,14-18,20-22H2,1H3,(H,47,48). The lowest BCUT2D eigenvalue weighted by Gasteiger charge is -2.51. The minimum atomic E-state index is -4.89. The molecule has 0 radical (unpaired) electrons. The Morgan fingerprint density at radius 2 is 1.67 bits per heavy atom. The van der Waals surface area contributed by atoms with Crippen LogP contribution in [0.3, 0.4) is 0 Å². The number of aromatic nitrogens is 1. The predicted molar refractivity (Wildman–Crippen MR) is 181 cm³/mol. The van der Waals surface area contributed by atoms with E-state index < -0.39 is 57.9 Å². The Hall–Kier alpha value is -4.14. The second-order valence-electron chi connectivity index (χ2n) is 13.5. The number of carboxylic acid groups (broad SMARTS) is 1. The van der Waals surface area contributed by atoms with E-state index in [9.17, 15) is 40.7 Å². The van der Waals surface area contributed by atoms with E-state index in [0.29, 0.717) is 49.9 Å². The van der Waals surface area contributed by atoms with Crippen molar-refractivity contribution in [3.05, 3.63) is 81.8 Å². The summed E-state index contributed by atoms with van der Waals surface area (Å²) in [6, 6.07) is 11.2. The number of unbranched alkanes of at least 4 members (excludes halogenated alkanes) is 1. The number of ether oxygens (including phenoxy) is 1. The van der Waals surface area contributed by atoms with E-state index in [4.69, 9.17) is 9.84 Å². The summed E-state index contributed by atoms with van der Waals surface area (Å²) in [5, 5.41) is 10.3. The van der Waals surface area contributed by atoms with Crippen LogP contribution >= 0.6 is 11.3 Å². The molecule has 0 aliphatic carbocycles. The number of pyridine rings is 1. The zero-order chi connectivity index (χ0) is 37.7. The highest BCUT2D eigenvalue weighted by Gasteiger charge is 2.56. The van der Waals surface area contributed by atoms with Crippen molar-refractivity contribution < 1.29 is 50.6 Å².